The van der Waals surface area contributed by atoms with Crippen LogP contribution in [0.1, 0.15) is 425 Å². The molecule has 0 amide bonds. The average Bonchev–Trinajstić information content (AvgIpc) is 3.47. The molecule has 0 spiro atoms. The van der Waals surface area contributed by atoms with Gasteiger partial charge < -0.3 is 14.2 Å². The summed E-state index contributed by atoms with van der Waals surface area (Å²) in [5.74, 6) is -0.835. The summed E-state index contributed by atoms with van der Waals surface area (Å²) >= 11 is 0. The van der Waals surface area contributed by atoms with Crippen molar-refractivity contribution in [3.8, 4) is 0 Å². The molecule has 0 saturated heterocycles. The zero-order chi connectivity index (χ0) is 59.2. The van der Waals surface area contributed by atoms with Crippen molar-refractivity contribution in [2.75, 3.05) is 13.2 Å². The monoisotopic (exact) mass is 1150 g/mol. The summed E-state index contributed by atoms with van der Waals surface area (Å²) in [6.07, 6.45) is 87.9. The molecule has 0 aliphatic rings. The van der Waals surface area contributed by atoms with Crippen LogP contribution in [0.15, 0.2) is 24.3 Å². The first-order valence-electron chi connectivity index (χ1n) is 37.3. The number of rotatable bonds is 70. The second-order valence-electron chi connectivity index (χ2n) is 25.6. The van der Waals surface area contributed by atoms with Crippen molar-refractivity contribution in [2.24, 2.45) is 0 Å². The standard InChI is InChI=1S/C76H144O6/c1-4-7-10-13-16-19-22-25-28-31-33-34-35-36-37-38-39-40-41-42-43-46-48-51-54-57-60-63-66-69-75(78)81-72-73(71-80-74(77)68-65-62-59-56-53-50-47-44-30-27-24-21-18-15-12-9-6-3)82-76(79)70-67-64-61-58-55-52-49-45-32-29-26-23-20-17-14-11-8-5-2/h29,31-33,73H,4-28,30,34-72H2,1-3H3/b32-29-,33-31-. The smallest absolute Gasteiger partial charge is 0.306 e. The number of carbonyl (C=O) groups excluding carboxylic acids is 3. The summed E-state index contributed by atoms with van der Waals surface area (Å²) in [7, 11) is 0. The van der Waals surface area contributed by atoms with Gasteiger partial charge in [-0.3, -0.25) is 14.4 Å². The van der Waals surface area contributed by atoms with E-state index in [2.05, 4.69) is 45.1 Å². The van der Waals surface area contributed by atoms with Crippen molar-refractivity contribution in [1.82, 2.24) is 0 Å². The number of carbonyl (C=O) groups is 3. The Balaban J connectivity index is 4.21. The molecule has 6 heteroatoms. The zero-order valence-electron chi connectivity index (χ0n) is 55.8. The minimum atomic E-state index is -0.771. The van der Waals surface area contributed by atoms with Crippen LogP contribution in [0, 0.1) is 0 Å². The molecule has 0 aromatic carbocycles. The topological polar surface area (TPSA) is 78.9 Å². The third-order valence-corrected chi connectivity index (χ3v) is 17.2. The first-order chi connectivity index (χ1) is 40.5. The SMILES string of the molecule is CCCCCCCCC/C=C\CCCCCCCCCC(=O)OC(COC(=O)CCCCCCCCCCCCCCCCCCC)COC(=O)CCCCCCCCCCCCCCCCCCC/C=C\CCCCCCCCCC. The highest BCUT2D eigenvalue weighted by Gasteiger charge is 2.20. The van der Waals surface area contributed by atoms with Crippen LogP contribution in [0.5, 0.6) is 0 Å². The molecular weight excluding hydrogens is 1010 g/mol. The van der Waals surface area contributed by atoms with Crippen molar-refractivity contribution < 1.29 is 28.6 Å². The van der Waals surface area contributed by atoms with Crippen LogP contribution < -0.4 is 0 Å². The van der Waals surface area contributed by atoms with Crippen LogP contribution in [0.2, 0.25) is 0 Å². The quantitative estimate of drug-likeness (QED) is 0.0261. The Morgan fingerprint density at radius 1 is 0.232 bits per heavy atom. The van der Waals surface area contributed by atoms with Gasteiger partial charge in [-0.15, -0.1) is 0 Å². The number of hydrogen-bond donors (Lipinski definition) is 0. The maximum atomic E-state index is 13.0. The Labute approximate surface area is 513 Å². The lowest BCUT2D eigenvalue weighted by atomic mass is 10.0. The number of hydrogen-bond acceptors (Lipinski definition) is 6. The van der Waals surface area contributed by atoms with Gasteiger partial charge in [0.05, 0.1) is 0 Å². The van der Waals surface area contributed by atoms with Gasteiger partial charge in [-0.25, -0.2) is 0 Å². The number of unbranched alkanes of at least 4 members (excludes halogenated alkanes) is 55. The fourth-order valence-electron chi connectivity index (χ4n) is 11.6. The van der Waals surface area contributed by atoms with E-state index in [1.165, 1.54) is 327 Å². The minimum Gasteiger partial charge on any atom is -0.462 e. The molecule has 1 unspecified atom stereocenters. The van der Waals surface area contributed by atoms with E-state index in [0.717, 1.165) is 57.8 Å². The molecule has 0 N–H and O–H groups in total. The van der Waals surface area contributed by atoms with Gasteiger partial charge in [-0.05, 0) is 70.6 Å². The Morgan fingerprint density at radius 3 is 0.610 bits per heavy atom. The van der Waals surface area contributed by atoms with E-state index >= 15 is 0 Å². The minimum absolute atomic E-state index is 0.0663. The maximum Gasteiger partial charge on any atom is 0.306 e. The third kappa shape index (κ3) is 68.7. The molecule has 0 fully saturated rings. The number of allylic oxidation sites excluding steroid dienone is 4. The largest absolute Gasteiger partial charge is 0.462 e. The van der Waals surface area contributed by atoms with Crippen molar-refractivity contribution in [3.63, 3.8) is 0 Å². The molecule has 1 atom stereocenters. The lowest BCUT2D eigenvalue weighted by molar-refractivity contribution is -0.167. The highest BCUT2D eigenvalue weighted by molar-refractivity contribution is 5.71. The van der Waals surface area contributed by atoms with Crippen LogP contribution in [0.3, 0.4) is 0 Å². The Hall–Kier alpha value is -2.11. The molecule has 6 nitrogen and oxygen atoms in total. The van der Waals surface area contributed by atoms with Crippen LogP contribution in [0.4, 0.5) is 0 Å². The molecule has 0 bridgehead atoms. The van der Waals surface area contributed by atoms with E-state index in [1.807, 2.05) is 0 Å². The molecule has 0 heterocycles. The number of ether oxygens (including phenoxy) is 3. The summed E-state index contributed by atoms with van der Waals surface area (Å²) in [4.78, 5) is 38.5. The Morgan fingerprint density at radius 2 is 0.402 bits per heavy atom. The van der Waals surface area contributed by atoms with Crippen molar-refractivity contribution in [2.45, 2.75) is 431 Å². The molecule has 0 aromatic rings. The van der Waals surface area contributed by atoms with Crippen LogP contribution in [0.25, 0.3) is 0 Å². The molecule has 0 aliphatic heterocycles. The fraction of sp³-hybridized carbons (Fsp3) is 0.908. The van der Waals surface area contributed by atoms with Crippen molar-refractivity contribution >= 4 is 17.9 Å². The van der Waals surface area contributed by atoms with Gasteiger partial charge in [0.25, 0.3) is 0 Å². The first-order valence-corrected chi connectivity index (χ1v) is 37.3. The van der Waals surface area contributed by atoms with Gasteiger partial charge in [-0.1, -0.05) is 360 Å². The molecular formula is C76H144O6. The summed E-state index contributed by atoms with van der Waals surface area (Å²) in [6, 6.07) is 0. The highest BCUT2D eigenvalue weighted by Crippen LogP contribution is 2.19. The van der Waals surface area contributed by atoms with Gasteiger partial charge in [-0.2, -0.15) is 0 Å². The van der Waals surface area contributed by atoms with E-state index in [9.17, 15) is 14.4 Å². The molecule has 484 valence electrons. The van der Waals surface area contributed by atoms with E-state index in [-0.39, 0.29) is 31.1 Å². The van der Waals surface area contributed by atoms with Gasteiger partial charge in [0.1, 0.15) is 13.2 Å². The summed E-state index contributed by atoms with van der Waals surface area (Å²) in [5, 5.41) is 0. The van der Waals surface area contributed by atoms with E-state index in [4.69, 9.17) is 14.2 Å². The maximum absolute atomic E-state index is 13.0. The predicted octanol–water partition coefficient (Wildman–Crippen LogP) is 25.7. The molecule has 0 rings (SSSR count). The second kappa shape index (κ2) is 71.4. The van der Waals surface area contributed by atoms with Gasteiger partial charge in [0, 0.05) is 19.3 Å². The normalized spacial score (nSPS) is 12.1. The van der Waals surface area contributed by atoms with Crippen LogP contribution in [-0.2, 0) is 28.6 Å². The molecule has 0 radical (unpaired) electrons. The first kappa shape index (κ1) is 79.9. The fourth-order valence-corrected chi connectivity index (χ4v) is 11.6. The Bertz CT molecular complexity index is 1320. The van der Waals surface area contributed by atoms with Gasteiger partial charge >= 0.3 is 17.9 Å². The second-order valence-corrected chi connectivity index (χ2v) is 25.6. The van der Waals surface area contributed by atoms with Crippen LogP contribution in [-0.4, -0.2) is 37.2 Å². The van der Waals surface area contributed by atoms with E-state index in [0.29, 0.717) is 19.3 Å². The average molecular weight is 1150 g/mol. The lowest BCUT2D eigenvalue weighted by Crippen LogP contribution is -2.30. The molecule has 82 heavy (non-hydrogen) atoms. The van der Waals surface area contributed by atoms with E-state index < -0.39 is 6.10 Å². The third-order valence-electron chi connectivity index (χ3n) is 17.2. The zero-order valence-corrected chi connectivity index (χ0v) is 55.8. The summed E-state index contributed by atoms with van der Waals surface area (Å²) in [5.41, 5.74) is 0. The Kier molecular flexibility index (Phi) is 69.5. The lowest BCUT2D eigenvalue weighted by Gasteiger charge is -2.18. The summed E-state index contributed by atoms with van der Waals surface area (Å²) < 4.78 is 17.0. The van der Waals surface area contributed by atoms with Gasteiger partial charge in [0.15, 0.2) is 6.10 Å². The van der Waals surface area contributed by atoms with Crippen molar-refractivity contribution in [3.05, 3.63) is 24.3 Å². The molecule has 0 aromatic heterocycles. The van der Waals surface area contributed by atoms with Crippen molar-refractivity contribution in [1.29, 1.82) is 0 Å². The van der Waals surface area contributed by atoms with E-state index in [1.54, 1.807) is 0 Å². The number of esters is 3. The molecule has 0 saturated carbocycles. The summed E-state index contributed by atoms with van der Waals surface area (Å²) in [6.45, 7) is 6.73. The highest BCUT2D eigenvalue weighted by atomic mass is 16.6. The molecule has 0 aliphatic carbocycles. The van der Waals surface area contributed by atoms with Crippen LogP contribution >= 0.6 is 0 Å². The predicted molar refractivity (Wildman–Crippen MR) is 358 cm³/mol. The van der Waals surface area contributed by atoms with Gasteiger partial charge in [0.2, 0.25) is 0 Å².